The molecule has 0 aliphatic heterocycles. The van der Waals surface area contributed by atoms with Crippen LogP contribution in [0.3, 0.4) is 0 Å². The number of ether oxygens (including phenoxy) is 1. The lowest BCUT2D eigenvalue weighted by Crippen LogP contribution is -2.00. The molecule has 1 aliphatic rings. The maximum Gasteiger partial charge on any atom is 0.158 e. The fourth-order valence-corrected chi connectivity index (χ4v) is 4.93. The van der Waals surface area contributed by atoms with E-state index in [1.165, 1.54) is 23.3 Å². The predicted octanol–water partition coefficient (Wildman–Crippen LogP) is 4.51. The van der Waals surface area contributed by atoms with E-state index in [2.05, 4.69) is 25.5 Å². The monoisotopic (exact) mass is 377 g/mol. The zero-order chi connectivity index (χ0) is 18.2. The maximum atomic E-state index is 5.27. The molecule has 0 radical (unpaired) electrons. The van der Waals surface area contributed by atoms with Crippen LogP contribution in [-0.4, -0.2) is 28.3 Å². The van der Waals surface area contributed by atoms with Gasteiger partial charge in [-0.25, -0.2) is 9.97 Å². The highest BCUT2D eigenvalue weighted by atomic mass is 32.1. The number of nitrogens with zero attached hydrogens (tertiary/aromatic N) is 3. The average Bonchev–Trinajstić information content (AvgIpc) is 3.29. The van der Waals surface area contributed by atoms with Crippen LogP contribution in [0.1, 0.15) is 28.8 Å². The van der Waals surface area contributed by atoms with Gasteiger partial charge >= 0.3 is 0 Å². The number of H-pyrrole nitrogens is 1. The Balaban J connectivity index is 1.45. The number of methoxy groups -OCH3 is 1. The van der Waals surface area contributed by atoms with E-state index < -0.39 is 0 Å². The number of nitrogens with one attached hydrogen (secondary N) is 2. The topological polar surface area (TPSA) is 75.2 Å². The normalized spacial score (nSPS) is 14.1. The first-order chi connectivity index (χ1) is 13.3. The predicted molar refractivity (Wildman–Crippen MR) is 110 cm³/mol. The van der Waals surface area contributed by atoms with Gasteiger partial charge in [0.1, 0.15) is 16.9 Å². The number of hydrogen-bond acceptors (Lipinski definition) is 6. The van der Waals surface area contributed by atoms with Gasteiger partial charge in [0.2, 0.25) is 0 Å². The van der Waals surface area contributed by atoms with E-state index in [4.69, 9.17) is 4.74 Å². The SMILES string of the molecule is COc1ccc2c(/C=N\Nc3ncnc4sc5c(c34)CCCC5)c[nH]c2c1. The molecule has 0 saturated heterocycles. The zero-order valence-corrected chi connectivity index (χ0v) is 15.8. The van der Waals surface area contributed by atoms with Crippen molar-refractivity contribution in [3.05, 3.63) is 46.7 Å². The minimum absolute atomic E-state index is 0.789. The number of aromatic nitrogens is 3. The Bertz CT molecular complexity index is 1160. The minimum Gasteiger partial charge on any atom is -0.497 e. The number of hydrogen-bond donors (Lipinski definition) is 2. The molecule has 3 aromatic heterocycles. The van der Waals surface area contributed by atoms with Gasteiger partial charge in [-0.1, -0.05) is 0 Å². The first kappa shape index (κ1) is 16.3. The zero-order valence-electron chi connectivity index (χ0n) is 15.0. The van der Waals surface area contributed by atoms with E-state index in [0.29, 0.717) is 0 Å². The van der Waals surface area contributed by atoms with Gasteiger partial charge in [0, 0.05) is 33.6 Å². The van der Waals surface area contributed by atoms with Crippen LogP contribution in [0.25, 0.3) is 21.1 Å². The highest BCUT2D eigenvalue weighted by Gasteiger charge is 2.19. The number of benzene rings is 1. The quantitative estimate of drug-likeness (QED) is 0.405. The summed E-state index contributed by atoms with van der Waals surface area (Å²) in [5.74, 6) is 1.62. The van der Waals surface area contributed by atoms with Crippen molar-refractivity contribution >= 4 is 44.5 Å². The second-order valence-electron chi connectivity index (χ2n) is 6.64. The molecule has 7 heteroatoms. The number of fused-ring (bicyclic) bond motifs is 4. The van der Waals surface area contributed by atoms with Gasteiger partial charge < -0.3 is 9.72 Å². The van der Waals surface area contributed by atoms with Crippen LogP contribution in [0, 0.1) is 0 Å². The van der Waals surface area contributed by atoms with Crippen molar-refractivity contribution < 1.29 is 4.74 Å². The van der Waals surface area contributed by atoms with Crippen LogP contribution in [-0.2, 0) is 12.8 Å². The first-order valence-electron chi connectivity index (χ1n) is 9.03. The van der Waals surface area contributed by atoms with Crippen molar-refractivity contribution in [2.24, 2.45) is 5.10 Å². The Hall–Kier alpha value is -2.93. The largest absolute Gasteiger partial charge is 0.497 e. The minimum atomic E-state index is 0.789. The Morgan fingerprint density at radius 2 is 2.19 bits per heavy atom. The molecule has 0 unspecified atom stereocenters. The van der Waals surface area contributed by atoms with Crippen molar-refractivity contribution in [2.75, 3.05) is 12.5 Å². The molecule has 1 aliphatic carbocycles. The van der Waals surface area contributed by atoms with Gasteiger partial charge in [0.25, 0.3) is 0 Å². The molecule has 0 amide bonds. The molecule has 0 bridgehead atoms. The van der Waals surface area contributed by atoms with Crippen molar-refractivity contribution in [1.29, 1.82) is 0 Å². The van der Waals surface area contributed by atoms with Crippen LogP contribution < -0.4 is 10.2 Å². The van der Waals surface area contributed by atoms with Crippen molar-refractivity contribution in [1.82, 2.24) is 15.0 Å². The summed E-state index contributed by atoms with van der Waals surface area (Å²) in [5.41, 5.74) is 6.57. The Morgan fingerprint density at radius 3 is 3.11 bits per heavy atom. The highest BCUT2D eigenvalue weighted by molar-refractivity contribution is 7.19. The van der Waals surface area contributed by atoms with Crippen LogP contribution >= 0.6 is 11.3 Å². The van der Waals surface area contributed by atoms with Gasteiger partial charge in [0.05, 0.1) is 18.7 Å². The van der Waals surface area contributed by atoms with Gasteiger partial charge in [-0.2, -0.15) is 5.10 Å². The number of aryl methyl sites for hydroxylation is 2. The Kier molecular flexibility index (Phi) is 4.01. The fraction of sp³-hybridized carbons (Fsp3) is 0.250. The standard InChI is InChI=1S/C20H19N5OS/c1-26-13-6-7-14-12(9-21-16(14)8-13)10-24-25-19-18-15-4-2-3-5-17(15)27-20(18)23-11-22-19/h6-11,21H,2-5H2,1H3,(H,22,23,25)/b24-10-. The van der Waals surface area contributed by atoms with E-state index in [-0.39, 0.29) is 0 Å². The summed E-state index contributed by atoms with van der Waals surface area (Å²) in [7, 11) is 1.67. The Morgan fingerprint density at radius 1 is 1.26 bits per heavy atom. The van der Waals surface area contributed by atoms with Gasteiger partial charge in [-0.3, -0.25) is 5.43 Å². The van der Waals surface area contributed by atoms with E-state index in [9.17, 15) is 0 Å². The summed E-state index contributed by atoms with van der Waals surface area (Å²) in [6.07, 6.45) is 10.1. The molecule has 0 spiro atoms. The maximum absolute atomic E-state index is 5.27. The third-order valence-electron chi connectivity index (χ3n) is 5.05. The molecule has 4 aromatic rings. The van der Waals surface area contributed by atoms with Crippen LogP contribution in [0.2, 0.25) is 0 Å². The third-order valence-corrected chi connectivity index (χ3v) is 6.25. The van der Waals surface area contributed by atoms with Gasteiger partial charge in [-0.15, -0.1) is 11.3 Å². The molecule has 27 heavy (non-hydrogen) atoms. The lowest BCUT2D eigenvalue weighted by atomic mass is 9.97. The molecule has 3 heterocycles. The van der Waals surface area contributed by atoms with E-state index in [1.54, 1.807) is 24.8 Å². The number of aromatic amines is 1. The molecular weight excluding hydrogens is 358 g/mol. The first-order valence-corrected chi connectivity index (χ1v) is 9.84. The Labute approximate surface area is 160 Å². The third kappa shape index (κ3) is 2.84. The van der Waals surface area contributed by atoms with Crippen LogP contribution in [0.4, 0.5) is 5.82 Å². The van der Waals surface area contributed by atoms with Crippen molar-refractivity contribution in [3.8, 4) is 5.75 Å². The smallest absolute Gasteiger partial charge is 0.158 e. The number of thiophene rings is 1. The van der Waals surface area contributed by atoms with Crippen LogP contribution in [0.15, 0.2) is 35.8 Å². The summed E-state index contributed by atoms with van der Waals surface area (Å²) < 4.78 is 5.27. The highest BCUT2D eigenvalue weighted by Crippen LogP contribution is 2.38. The van der Waals surface area contributed by atoms with Crippen molar-refractivity contribution in [3.63, 3.8) is 0 Å². The molecule has 1 aromatic carbocycles. The van der Waals surface area contributed by atoms with Crippen molar-refractivity contribution in [2.45, 2.75) is 25.7 Å². The lowest BCUT2D eigenvalue weighted by molar-refractivity contribution is 0.415. The summed E-state index contributed by atoms with van der Waals surface area (Å²) in [6, 6.07) is 5.96. The average molecular weight is 377 g/mol. The van der Waals surface area contributed by atoms with Gasteiger partial charge in [-0.05, 0) is 43.4 Å². The summed E-state index contributed by atoms with van der Waals surface area (Å²) in [4.78, 5) is 14.7. The fourth-order valence-electron chi connectivity index (χ4n) is 3.70. The molecule has 0 saturated carbocycles. The molecule has 6 nitrogen and oxygen atoms in total. The summed E-state index contributed by atoms with van der Waals surface area (Å²) in [6.45, 7) is 0. The molecule has 0 fully saturated rings. The lowest BCUT2D eigenvalue weighted by Gasteiger charge is -2.11. The van der Waals surface area contributed by atoms with E-state index in [1.807, 2.05) is 30.6 Å². The van der Waals surface area contributed by atoms with E-state index >= 15 is 0 Å². The molecular formula is C20H19N5OS. The van der Waals surface area contributed by atoms with Crippen LogP contribution in [0.5, 0.6) is 5.75 Å². The molecule has 2 N–H and O–H groups in total. The number of anilines is 1. The number of rotatable bonds is 4. The summed E-state index contributed by atoms with van der Waals surface area (Å²) >= 11 is 1.79. The number of hydrazone groups is 1. The second-order valence-corrected chi connectivity index (χ2v) is 7.72. The molecule has 0 atom stereocenters. The molecule has 5 rings (SSSR count). The summed E-state index contributed by atoms with van der Waals surface area (Å²) in [5, 5.41) is 6.68. The second kappa shape index (κ2) is 6.66. The van der Waals surface area contributed by atoms with E-state index in [0.717, 1.165) is 51.1 Å². The molecule has 136 valence electrons. The van der Waals surface area contributed by atoms with Gasteiger partial charge in [0.15, 0.2) is 5.82 Å².